The first-order valence-electron chi connectivity index (χ1n) is 6.63. The third-order valence-electron chi connectivity index (χ3n) is 2.96. The summed E-state index contributed by atoms with van der Waals surface area (Å²) in [5.41, 5.74) is 6.22. The van der Waals surface area contributed by atoms with Crippen LogP contribution in [-0.4, -0.2) is 29.0 Å². The van der Waals surface area contributed by atoms with Gasteiger partial charge in [-0.05, 0) is 31.5 Å². The highest BCUT2D eigenvalue weighted by atomic mass is 32.2. The van der Waals surface area contributed by atoms with Crippen LogP contribution in [0.4, 0.5) is 5.69 Å². The summed E-state index contributed by atoms with van der Waals surface area (Å²) in [6.45, 7) is 4.28. The number of nitrogens with two attached hydrogens (primary N) is 1. The number of rotatable bonds is 7. The molecule has 0 spiro atoms. The molecule has 1 rings (SSSR count). The lowest BCUT2D eigenvalue weighted by molar-refractivity contribution is -0.120. The largest absolute Gasteiger partial charge is 0.497 e. The second-order valence-electron chi connectivity index (χ2n) is 4.49. The van der Waals surface area contributed by atoms with E-state index in [0.29, 0.717) is 22.9 Å². The maximum Gasteiger partial charge on any atom is 0.235 e. The number of carbonyl (C=O) groups excluding carboxylic acids is 1. The predicted octanol–water partition coefficient (Wildman–Crippen LogP) is 1.69. The normalized spacial score (nSPS) is 13.6. The van der Waals surface area contributed by atoms with Gasteiger partial charge >= 0.3 is 0 Å². The number of unbranched alkanes of at least 4 members (excludes halogenated alkanes) is 1. The van der Waals surface area contributed by atoms with E-state index in [1.807, 2.05) is 6.92 Å². The lowest BCUT2D eigenvalue weighted by Crippen LogP contribution is -2.36. The van der Waals surface area contributed by atoms with E-state index >= 15 is 0 Å². The number of methoxy groups -OCH3 is 1. The second kappa shape index (κ2) is 7.89. The lowest BCUT2D eigenvalue weighted by Gasteiger charge is -2.14. The van der Waals surface area contributed by atoms with Crippen molar-refractivity contribution in [2.45, 2.75) is 36.8 Å². The van der Waals surface area contributed by atoms with Gasteiger partial charge in [-0.15, -0.1) is 0 Å². The van der Waals surface area contributed by atoms with E-state index in [1.54, 1.807) is 25.1 Å². The van der Waals surface area contributed by atoms with Crippen LogP contribution in [-0.2, 0) is 15.6 Å². The smallest absolute Gasteiger partial charge is 0.235 e. The van der Waals surface area contributed by atoms with Gasteiger partial charge in [0.15, 0.2) is 0 Å². The molecule has 0 aliphatic heterocycles. The average Bonchev–Trinajstić information content (AvgIpc) is 2.46. The fraction of sp³-hybridized carbons (Fsp3) is 0.500. The molecule has 0 bridgehead atoms. The zero-order valence-corrected chi connectivity index (χ0v) is 13.0. The quantitative estimate of drug-likeness (QED) is 0.593. The van der Waals surface area contributed by atoms with E-state index < -0.39 is 16.0 Å². The van der Waals surface area contributed by atoms with Crippen LogP contribution in [0.2, 0.25) is 0 Å². The first kappa shape index (κ1) is 16.5. The van der Waals surface area contributed by atoms with Crippen LogP contribution in [0.1, 0.15) is 26.7 Å². The zero-order chi connectivity index (χ0) is 15.1. The van der Waals surface area contributed by atoms with Crippen LogP contribution in [0, 0.1) is 0 Å². The van der Waals surface area contributed by atoms with Crippen LogP contribution >= 0.6 is 0 Å². The van der Waals surface area contributed by atoms with Crippen molar-refractivity contribution in [3.63, 3.8) is 0 Å². The van der Waals surface area contributed by atoms with E-state index in [4.69, 9.17) is 10.5 Å². The highest BCUT2D eigenvalue weighted by Gasteiger charge is 2.23. The Morgan fingerprint density at radius 3 is 2.80 bits per heavy atom. The van der Waals surface area contributed by atoms with Crippen molar-refractivity contribution < 1.29 is 13.7 Å². The first-order chi connectivity index (χ1) is 9.51. The number of ether oxygens (including phenoxy) is 1. The van der Waals surface area contributed by atoms with E-state index in [9.17, 15) is 9.00 Å². The van der Waals surface area contributed by atoms with Crippen LogP contribution in [0.25, 0.3) is 0 Å². The molecule has 0 radical (unpaired) electrons. The number of nitrogen functional groups attached to an aromatic ring is 1. The summed E-state index contributed by atoms with van der Waals surface area (Å²) in [5, 5.41) is 2.13. The van der Waals surface area contributed by atoms with Gasteiger partial charge in [-0.25, -0.2) is 0 Å². The molecule has 1 aromatic carbocycles. The van der Waals surface area contributed by atoms with Crippen LogP contribution in [0.15, 0.2) is 23.1 Å². The van der Waals surface area contributed by atoms with E-state index in [1.165, 1.54) is 7.11 Å². The summed E-state index contributed by atoms with van der Waals surface area (Å²) in [7, 11) is 0.0227. The van der Waals surface area contributed by atoms with Crippen molar-refractivity contribution in [3.05, 3.63) is 18.2 Å². The van der Waals surface area contributed by atoms with Gasteiger partial charge in [-0.3, -0.25) is 9.00 Å². The van der Waals surface area contributed by atoms with Crippen molar-refractivity contribution in [2.75, 3.05) is 19.4 Å². The average molecular weight is 298 g/mol. The molecule has 5 nitrogen and oxygen atoms in total. The molecule has 20 heavy (non-hydrogen) atoms. The zero-order valence-electron chi connectivity index (χ0n) is 12.1. The SMILES string of the molecule is CCCCNC(=O)C(C)S(=O)c1cc(OC)ccc1N. The second-order valence-corrected chi connectivity index (χ2v) is 6.23. The van der Waals surface area contributed by atoms with Gasteiger partial charge in [0, 0.05) is 12.2 Å². The van der Waals surface area contributed by atoms with Gasteiger partial charge in [0.2, 0.25) is 5.91 Å². The number of hydrogen-bond acceptors (Lipinski definition) is 4. The molecular formula is C14H22N2O3S. The number of amides is 1. The van der Waals surface area contributed by atoms with Crippen molar-refractivity contribution in [2.24, 2.45) is 0 Å². The Hall–Kier alpha value is -1.56. The highest BCUT2D eigenvalue weighted by Crippen LogP contribution is 2.24. The monoisotopic (exact) mass is 298 g/mol. The van der Waals surface area contributed by atoms with Crippen molar-refractivity contribution >= 4 is 22.4 Å². The number of hydrogen-bond donors (Lipinski definition) is 2. The molecule has 0 aliphatic rings. The summed E-state index contributed by atoms with van der Waals surface area (Å²) in [5.74, 6) is 0.347. The molecule has 0 aromatic heterocycles. The van der Waals surface area contributed by atoms with E-state index in [0.717, 1.165) is 12.8 Å². The molecule has 6 heteroatoms. The predicted molar refractivity (Wildman–Crippen MR) is 81.2 cm³/mol. The Labute approximate surface area is 122 Å². The van der Waals surface area contributed by atoms with Crippen LogP contribution in [0.5, 0.6) is 5.75 Å². The van der Waals surface area contributed by atoms with Crippen molar-refractivity contribution in [1.29, 1.82) is 0 Å². The molecule has 3 N–H and O–H groups in total. The minimum atomic E-state index is -1.50. The maximum atomic E-state index is 12.4. The van der Waals surface area contributed by atoms with Gasteiger partial charge in [0.1, 0.15) is 11.0 Å². The van der Waals surface area contributed by atoms with Crippen LogP contribution < -0.4 is 15.8 Å². The third kappa shape index (κ3) is 4.23. The van der Waals surface area contributed by atoms with Crippen molar-refractivity contribution in [1.82, 2.24) is 5.32 Å². The molecule has 2 unspecified atom stereocenters. The molecule has 0 aliphatic carbocycles. The van der Waals surface area contributed by atoms with Gasteiger partial charge in [-0.2, -0.15) is 0 Å². The molecule has 0 fully saturated rings. The van der Waals surface area contributed by atoms with Gasteiger partial charge in [0.25, 0.3) is 0 Å². The summed E-state index contributed by atoms with van der Waals surface area (Å²) in [4.78, 5) is 12.4. The fourth-order valence-corrected chi connectivity index (χ4v) is 2.83. The Balaban J connectivity index is 2.80. The van der Waals surface area contributed by atoms with Crippen molar-refractivity contribution in [3.8, 4) is 5.75 Å². The standard InChI is InChI=1S/C14H22N2O3S/c1-4-5-8-16-14(17)10(2)20(18)13-9-11(19-3)6-7-12(13)15/h6-7,9-10H,4-5,8,15H2,1-3H3,(H,16,17). The summed E-state index contributed by atoms with van der Waals surface area (Å²) >= 11 is 0. The number of carbonyl (C=O) groups is 1. The Kier molecular flexibility index (Phi) is 6.51. The molecule has 2 atom stereocenters. The van der Waals surface area contributed by atoms with E-state index in [-0.39, 0.29) is 5.91 Å². The summed E-state index contributed by atoms with van der Waals surface area (Å²) in [6.07, 6.45) is 1.91. The molecule has 0 heterocycles. The fourth-order valence-electron chi connectivity index (χ4n) is 1.64. The molecule has 112 valence electrons. The van der Waals surface area contributed by atoms with Crippen LogP contribution in [0.3, 0.4) is 0 Å². The first-order valence-corrected chi connectivity index (χ1v) is 7.84. The Morgan fingerprint density at radius 1 is 1.50 bits per heavy atom. The molecular weight excluding hydrogens is 276 g/mol. The maximum absolute atomic E-state index is 12.4. The third-order valence-corrected chi connectivity index (χ3v) is 4.60. The summed E-state index contributed by atoms with van der Waals surface area (Å²) < 4.78 is 17.5. The Morgan fingerprint density at radius 2 is 2.20 bits per heavy atom. The van der Waals surface area contributed by atoms with Gasteiger partial charge in [0.05, 0.1) is 22.8 Å². The molecule has 0 saturated carbocycles. The van der Waals surface area contributed by atoms with E-state index in [2.05, 4.69) is 5.32 Å². The molecule has 1 amide bonds. The van der Waals surface area contributed by atoms with Gasteiger partial charge in [-0.1, -0.05) is 13.3 Å². The molecule has 1 aromatic rings. The number of anilines is 1. The minimum absolute atomic E-state index is 0.223. The Bertz CT molecular complexity index is 491. The summed E-state index contributed by atoms with van der Waals surface area (Å²) in [6, 6.07) is 4.94. The highest BCUT2D eigenvalue weighted by molar-refractivity contribution is 7.86. The topological polar surface area (TPSA) is 81.4 Å². The minimum Gasteiger partial charge on any atom is -0.497 e. The number of nitrogens with one attached hydrogen (secondary N) is 1. The van der Waals surface area contributed by atoms with Gasteiger partial charge < -0.3 is 15.8 Å². The number of benzene rings is 1. The lowest BCUT2D eigenvalue weighted by atomic mass is 10.3. The molecule has 0 saturated heterocycles.